The summed E-state index contributed by atoms with van der Waals surface area (Å²) in [6.07, 6.45) is 3.79. The van der Waals surface area contributed by atoms with Crippen molar-refractivity contribution in [3.63, 3.8) is 0 Å². The Morgan fingerprint density at radius 3 is 2.64 bits per heavy atom. The second-order valence-electron chi connectivity index (χ2n) is 8.04. The van der Waals surface area contributed by atoms with E-state index in [2.05, 4.69) is 9.88 Å². The Kier molecular flexibility index (Phi) is 7.36. The molecule has 2 saturated heterocycles. The van der Waals surface area contributed by atoms with Gasteiger partial charge in [0.15, 0.2) is 0 Å². The van der Waals surface area contributed by atoms with E-state index in [1.165, 1.54) is 12.4 Å². The number of nitrogens with zero attached hydrogens (tertiary/aromatic N) is 3. The zero-order valence-corrected chi connectivity index (χ0v) is 18.8. The number of morpholine rings is 1. The minimum absolute atomic E-state index is 0.0891. The predicted molar refractivity (Wildman–Crippen MR) is 123 cm³/mol. The summed E-state index contributed by atoms with van der Waals surface area (Å²) >= 11 is 0. The number of carbonyl (C=O) groups is 2. The smallest absolute Gasteiger partial charge is 0.295 e. The summed E-state index contributed by atoms with van der Waals surface area (Å²) in [4.78, 5) is 34.0. The van der Waals surface area contributed by atoms with E-state index in [1.54, 1.807) is 17.0 Å². The van der Waals surface area contributed by atoms with Crippen LogP contribution in [0.1, 0.15) is 30.5 Å². The second kappa shape index (κ2) is 10.6. The number of Topliss-reactive ketones (excluding diaryl/α,β-unsaturated/α-hetero) is 1. The molecule has 2 aliphatic rings. The van der Waals surface area contributed by atoms with Gasteiger partial charge >= 0.3 is 0 Å². The molecule has 33 heavy (non-hydrogen) atoms. The number of hydrogen-bond donors (Lipinski definition) is 1. The molecule has 1 aromatic carbocycles. The van der Waals surface area contributed by atoms with Gasteiger partial charge in [-0.1, -0.05) is 12.1 Å². The normalized spacial score (nSPS) is 20.9. The Bertz CT molecular complexity index is 1020. The zero-order valence-electron chi connectivity index (χ0n) is 18.8. The van der Waals surface area contributed by atoms with Gasteiger partial charge in [-0.3, -0.25) is 19.5 Å². The van der Waals surface area contributed by atoms with Crippen molar-refractivity contribution in [2.24, 2.45) is 0 Å². The number of aromatic nitrogens is 1. The summed E-state index contributed by atoms with van der Waals surface area (Å²) in [6.45, 7) is 6.75. The lowest BCUT2D eigenvalue weighted by Gasteiger charge is -2.29. The number of aliphatic hydroxyl groups excluding tert-OH is 1. The Morgan fingerprint density at radius 1 is 1.15 bits per heavy atom. The highest BCUT2D eigenvalue weighted by atomic mass is 16.5. The lowest BCUT2D eigenvalue weighted by atomic mass is 9.95. The van der Waals surface area contributed by atoms with Crippen molar-refractivity contribution in [1.29, 1.82) is 0 Å². The van der Waals surface area contributed by atoms with Crippen molar-refractivity contribution in [1.82, 2.24) is 14.8 Å². The van der Waals surface area contributed by atoms with Gasteiger partial charge in [-0.25, -0.2) is 0 Å². The third-order valence-electron chi connectivity index (χ3n) is 5.96. The first-order valence-electron chi connectivity index (χ1n) is 11.3. The van der Waals surface area contributed by atoms with Crippen LogP contribution in [0, 0.1) is 0 Å². The highest BCUT2D eigenvalue weighted by molar-refractivity contribution is 6.46. The van der Waals surface area contributed by atoms with Crippen molar-refractivity contribution >= 4 is 17.4 Å². The summed E-state index contributed by atoms with van der Waals surface area (Å²) in [5.74, 6) is -0.821. The molecule has 2 aliphatic heterocycles. The minimum atomic E-state index is -0.691. The quantitative estimate of drug-likeness (QED) is 0.375. The maximum Gasteiger partial charge on any atom is 0.295 e. The van der Waals surface area contributed by atoms with Gasteiger partial charge in [0.05, 0.1) is 31.4 Å². The Hall–Kier alpha value is -3.23. The summed E-state index contributed by atoms with van der Waals surface area (Å²) in [6, 6.07) is 9.90. The maximum atomic E-state index is 13.1. The molecule has 2 aromatic rings. The molecule has 0 bridgehead atoms. The van der Waals surface area contributed by atoms with Crippen molar-refractivity contribution in [3.05, 3.63) is 65.5 Å². The number of hydrogen-bond acceptors (Lipinski definition) is 7. The molecule has 0 saturated carbocycles. The molecule has 1 atom stereocenters. The first-order valence-corrected chi connectivity index (χ1v) is 11.3. The van der Waals surface area contributed by atoms with Crippen molar-refractivity contribution in [2.45, 2.75) is 19.4 Å². The van der Waals surface area contributed by atoms with Crippen LogP contribution in [0.4, 0.5) is 0 Å². The van der Waals surface area contributed by atoms with Crippen LogP contribution in [0.2, 0.25) is 0 Å². The topological polar surface area (TPSA) is 92.2 Å². The van der Waals surface area contributed by atoms with Gasteiger partial charge < -0.3 is 19.5 Å². The number of ether oxygens (including phenoxy) is 2. The molecule has 1 amide bonds. The van der Waals surface area contributed by atoms with Crippen LogP contribution in [0.15, 0.2) is 54.4 Å². The van der Waals surface area contributed by atoms with E-state index in [0.717, 1.165) is 25.2 Å². The van der Waals surface area contributed by atoms with Crippen LogP contribution in [0.5, 0.6) is 5.75 Å². The summed E-state index contributed by atoms with van der Waals surface area (Å²) < 4.78 is 11.0. The standard InChI is InChI=1S/C25H29N3O5/c1-2-33-20-6-3-5-19(17-20)22-21(23(29)18-7-9-26-10-8-18)24(30)25(31)28(22)12-4-11-27-13-15-32-16-14-27/h3,5-10,17,22,29H,2,4,11-16H2,1H3/b23-21+. The van der Waals surface area contributed by atoms with Crippen LogP contribution < -0.4 is 4.74 Å². The Morgan fingerprint density at radius 2 is 1.91 bits per heavy atom. The molecule has 0 aliphatic carbocycles. The number of likely N-dealkylation sites (tertiary alicyclic amines) is 1. The molecule has 1 aromatic heterocycles. The third-order valence-corrected chi connectivity index (χ3v) is 5.96. The SMILES string of the molecule is CCOc1cccc(C2/C(=C(\O)c3ccncc3)C(=O)C(=O)N2CCCN2CCOCC2)c1. The van der Waals surface area contributed by atoms with Gasteiger partial charge in [0.2, 0.25) is 0 Å². The fourth-order valence-electron chi connectivity index (χ4n) is 4.35. The molecule has 0 spiro atoms. The van der Waals surface area contributed by atoms with Gasteiger partial charge in [-0.2, -0.15) is 0 Å². The first-order chi connectivity index (χ1) is 16.1. The van der Waals surface area contributed by atoms with E-state index in [0.29, 0.717) is 44.1 Å². The molecular formula is C25H29N3O5. The van der Waals surface area contributed by atoms with Gasteiger partial charge in [0.25, 0.3) is 11.7 Å². The number of ketones is 1. The average Bonchev–Trinajstić information content (AvgIpc) is 3.10. The number of carbonyl (C=O) groups excluding carboxylic acids is 2. The number of aliphatic hydroxyl groups is 1. The largest absolute Gasteiger partial charge is 0.507 e. The monoisotopic (exact) mass is 451 g/mol. The molecule has 1 N–H and O–H groups in total. The molecular weight excluding hydrogens is 422 g/mol. The number of pyridine rings is 1. The molecule has 4 rings (SSSR count). The Labute approximate surface area is 193 Å². The van der Waals surface area contributed by atoms with E-state index >= 15 is 0 Å². The van der Waals surface area contributed by atoms with Crippen molar-refractivity contribution in [3.8, 4) is 5.75 Å². The van der Waals surface area contributed by atoms with E-state index < -0.39 is 17.7 Å². The highest BCUT2D eigenvalue weighted by Gasteiger charge is 2.45. The molecule has 1 unspecified atom stereocenters. The van der Waals surface area contributed by atoms with Crippen molar-refractivity contribution in [2.75, 3.05) is 46.0 Å². The van der Waals surface area contributed by atoms with E-state index in [9.17, 15) is 14.7 Å². The van der Waals surface area contributed by atoms with Gasteiger partial charge in [-0.05, 0) is 43.2 Å². The lowest BCUT2D eigenvalue weighted by molar-refractivity contribution is -0.140. The molecule has 3 heterocycles. The molecule has 2 fully saturated rings. The second-order valence-corrected chi connectivity index (χ2v) is 8.04. The van der Waals surface area contributed by atoms with Crippen molar-refractivity contribution < 1.29 is 24.2 Å². The molecule has 174 valence electrons. The van der Waals surface area contributed by atoms with Gasteiger partial charge in [0, 0.05) is 44.1 Å². The summed E-state index contributed by atoms with van der Waals surface area (Å²) in [5.41, 5.74) is 1.26. The van der Waals surface area contributed by atoms with Crippen LogP contribution in [-0.4, -0.2) is 77.6 Å². The van der Waals surface area contributed by atoms with Crippen LogP contribution in [0.3, 0.4) is 0 Å². The summed E-state index contributed by atoms with van der Waals surface area (Å²) in [7, 11) is 0. The third kappa shape index (κ3) is 5.07. The zero-order chi connectivity index (χ0) is 23.2. The van der Waals surface area contributed by atoms with Crippen LogP contribution >= 0.6 is 0 Å². The van der Waals surface area contributed by atoms with E-state index in [-0.39, 0.29) is 11.3 Å². The minimum Gasteiger partial charge on any atom is -0.507 e. The summed E-state index contributed by atoms with van der Waals surface area (Å²) in [5, 5.41) is 11.1. The highest BCUT2D eigenvalue weighted by Crippen LogP contribution is 2.40. The average molecular weight is 452 g/mol. The molecule has 0 radical (unpaired) electrons. The van der Waals surface area contributed by atoms with Crippen LogP contribution in [0.25, 0.3) is 5.76 Å². The fraction of sp³-hybridized carbons (Fsp3) is 0.400. The van der Waals surface area contributed by atoms with E-state index in [1.807, 2.05) is 31.2 Å². The van der Waals surface area contributed by atoms with Crippen LogP contribution in [-0.2, 0) is 14.3 Å². The number of amides is 1. The fourth-order valence-corrected chi connectivity index (χ4v) is 4.35. The van der Waals surface area contributed by atoms with Gasteiger partial charge in [-0.15, -0.1) is 0 Å². The predicted octanol–water partition coefficient (Wildman–Crippen LogP) is 2.62. The number of rotatable bonds is 8. The number of benzene rings is 1. The maximum absolute atomic E-state index is 13.1. The first kappa shape index (κ1) is 22.9. The molecule has 8 nitrogen and oxygen atoms in total. The molecule has 8 heteroatoms. The van der Waals surface area contributed by atoms with Gasteiger partial charge in [0.1, 0.15) is 11.5 Å². The lowest BCUT2D eigenvalue weighted by Crippen LogP contribution is -2.38. The Balaban J connectivity index is 1.67. The van der Waals surface area contributed by atoms with E-state index in [4.69, 9.17) is 9.47 Å².